The van der Waals surface area contributed by atoms with Gasteiger partial charge < -0.3 is 15.5 Å². The van der Waals surface area contributed by atoms with Crippen LogP contribution in [0.4, 0.5) is 4.79 Å². The molecule has 2 aromatic carbocycles. The quantitative estimate of drug-likeness (QED) is 0.757. The van der Waals surface area contributed by atoms with Gasteiger partial charge in [0.2, 0.25) is 5.91 Å². The van der Waals surface area contributed by atoms with Crippen LogP contribution in [0.2, 0.25) is 0 Å². The van der Waals surface area contributed by atoms with Gasteiger partial charge in [0.15, 0.2) is 0 Å². The van der Waals surface area contributed by atoms with E-state index in [1.807, 2.05) is 48.2 Å². The molecule has 5 nitrogen and oxygen atoms in total. The van der Waals surface area contributed by atoms with Crippen molar-refractivity contribution in [2.24, 2.45) is 5.92 Å². The van der Waals surface area contributed by atoms with Crippen molar-refractivity contribution in [3.05, 3.63) is 71.8 Å². The molecular formula is C24H31N3O2. The van der Waals surface area contributed by atoms with Gasteiger partial charge in [-0.3, -0.25) is 4.79 Å². The van der Waals surface area contributed by atoms with E-state index in [-0.39, 0.29) is 11.9 Å². The first-order chi connectivity index (χ1) is 14.2. The van der Waals surface area contributed by atoms with Gasteiger partial charge in [-0.2, -0.15) is 0 Å². The van der Waals surface area contributed by atoms with Crippen LogP contribution in [0.1, 0.15) is 30.9 Å². The molecule has 0 bridgehead atoms. The number of urea groups is 1. The van der Waals surface area contributed by atoms with Gasteiger partial charge in [-0.05, 0) is 43.2 Å². The number of nitrogens with one attached hydrogen (secondary N) is 2. The zero-order valence-corrected chi connectivity index (χ0v) is 17.1. The summed E-state index contributed by atoms with van der Waals surface area (Å²) in [6, 6.07) is 19.6. The molecule has 1 fully saturated rings. The maximum Gasteiger partial charge on any atom is 0.315 e. The molecule has 1 heterocycles. The van der Waals surface area contributed by atoms with Gasteiger partial charge in [0.05, 0.1) is 0 Å². The van der Waals surface area contributed by atoms with Crippen molar-refractivity contribution < 1.29 is 9.59 Å². The predicted octanol–water partition coefficient (Wildman–Crippen LogP) is 3.40. The second-order valence-electron chi connectivity index (χ2n) is 7.70. The van der Waals surface area contributed by atoms with Gasteiger partial charge in [-0.15, -0.1) is 0 Å². The Morgan fingerprint density at radius 3 is 2.14 bits per heavy atom. The monoisotopic (exact) mass is 393 g/mol. The molecule has 1 aliphatic rings. The first kappa shape index (κ1) is 20.9. The Balaban J connectivity index is 1.59. The zero-order valence-electron chi connectivity index (χ0n) is 17.1. The second kappa shape index (κ2) is 10.6. The molecule has 1 aliphatic heterocycles. The van der Waals surface area contributed by atoms with E-state index in [2.05, 4.69) is 34.9 Å². The molecule has 0 aliphatic carbocycles. The summed E-state index contributed by atoms with van der Waals surface area (Å²) < 4.78 is 0. The molecule has 0 spiro atoms. The highest BCUT2D eigenvalue weighted by Crippen LogP contribution is 2.22. The van der Waals surface area contributed by atoms with Gasteiger partial charge in [0.25, 0.3) is 0 Å². The Bertz CT molecular complexity index is 771. The number of carbonyl (C=O) groups is 2. The fourth-order valence-electron chi connectivity index (χ4n) is 3.94. The highest BCUT2D eigenvalue weighted by atomic mass is 16.2. The summed E-state index contributed by atoms with van der Waals surface area (Å²) in [5.74, 6) is 0.614. The zero-order chi connectivity index (χ0) is 20.5. The van der Waals surface area contributed by atoms with Crippen LogP contribution in [0.5, 0.6) is 0 Å². The molecule has 1 saturated heterocycles. The Morgan fingerprint density at radius 2 is 1.55 bits per heavy atom. The highest BCUT2D eigenvalue weighted by Gasteiger charge is 2.29. The Kier molecular flexibility index (Phi) is 7.68. The van der Waals surface area contributed by atoms with Crippen molar-refractivity contribution in [3.63, 3.8) is 0 Å². The molecule has 2 N–H and O–H groups in total. The van der Waals surface area contributed by atoms with Gasteiger partial charge in [0, 0.05) is 26.1 Å². The molecule has 2 aromatic rings. The largest absolute Gasteiger partial charge is 0.341 e. The van der Waals surface area contributed by atoms with E-state index < -0.39 is 6.04 Å². The van der Waals surface area contributed by atoms with E-state index >= 15 is 0 Å². The summed E-state index contributed by atoms with van der Waals surface area (Å²) in [5, 5.41) is 5.61. The first-order valence-corrected chi connectivity index (χ1v) is 10.6. The van der Waals surface area contributed by atoms with Crippen LogP contribution in [0.15, 0.2) is 60.7 Å². The number of likely N-dealkylation sites (tertiary alicyclic amines) is 1. The van der Waals surface area contributed by atoms with Crippen molar-refractivity contribution in [3.8, 4) is 0 Å². The van der Waals surface area contributed by atoms with Crippen molar-refractivity contribution in [2.75, 3.05) is 19.6 Å². The fourth-order valence-corrected chi connectivity index (χ4v) is 3.94. The van der Waals surface area contributed by atoms with Gasteiger partial charge in [-0.1, -0.05) is 60.7 Å². The number of amides is 3. The average Bonchev–Trinajstić information content (AvgIpc) is 2.75. The molecular weight excluding hydrogens is 362 g/mol. The Morgan fingerprint density at radius 1 is 0.966 bits per heavy atom. The summed E-state index contributed by atoms with van der Waals surface area (Å²) in [6.45, 7) is 3.89. The standard InChI is InChI=1S/C24H31N3O2/c1-2-25-24(29)26-22(18-20-11-7-4-8-12-20)23(28)27-15-13-21(14-16-27)17-19-9-5-3-6-10-19/h3-12,21-22H,2,13-18H2,1H3,(H2,25,26,29). The highest BCUT2D eigenvalue weighted by molar-refractivity contribution is 5.87. The van der Waals surface area contributed by atoms with Crippen LogP contribution in [0.25, 0.3) is 0 Å². The van der Waals surface area contributed by atoms with E-state index in [9.17, 15) is 9.59 Å². The van der Waals surface area contributed by atoms with E-state index in [0.29, 0.717) is 18.9 Å². The van der Waals surface area contributed by atoms with Crippen LogP contribution in [-0.2, 0) is 17.6 Å². The fraction of sp³-hybridized carbons (Fsp3) is 0.417. The number of carbonyl (C=O) groups excluding carboxylic acids is 2. The van der Waals surface area contributed by atoms with Crippen LogP contribution < -0.4 is 10.6 Å². The molecule has 29 heavy (non-hydrogen) atoms. The van der Waals surface area contributed by atoms with Gasteiger partial charge >= 0.3 is 6.03 Å². The number of benzene rings is 2. The van der Waals surface area contributed by atoms with Crippen molar-refractivity contribution in [1.29, 1.82) is 0 Å². The SMILES string of the molecule is CCNC(=O)NC(Cc1ccccc1)C(=O)N1CCC(Cc2ccccc2)CC1. The lowest BCUT2D eigenvalue weighted by atomic mass is 9.90. The average molecular weight is 394 g/mol. The van der Waals surface area contributed by atoms with Crippen LogP contribution in [-0.4, -0.2) is 42.5 Å². The number of hydrogen-bond donors (Lipinski definition) is 2. The topological polar surface area (TPSA) is 61.4 Å². The molecule has 154 valence electrons. The minimum absolute atomic E-state index is 0.0123. The summed E-state index contributed by atoms with van der Waals surface area (Å²) in [5.41, 5.74) is 2.40. The maximum atomic E-state index is 13.2. The molecule has 1 unspecified atom stereocenters. The Labute approximate surface area is 173 Å². The van der Waals surface area contributed by atoms with Gasteiger partial charge in [-0.25, -0.2) is 4.79 Å². The number of nitrogens with zero attached hydrogens (tertiary/aromatic N) is 1. The second-order valence-corrected chi connectivity index (χ2v) is 7.70. The van der Waals surface area contributed by atoms with E-state index in [4.69, 9.17) is 0 Å². The lowest BCUT2D eigenvalue weighted by Crippen LogP contribution is -2.53. The van der Waals surface area contributed by atoms with E-state index in [1.54, 1.807) is 0 Å². The molecule has 0 aromatic heterocycles. The summed E-state index contributed by atoms with van der Waals surface area (Å²) >= 11 is 0. The van der Waals surface area contributed by atoms with Crippen molar-refractivity contribution >= 4 is 11.9 Å². The first-order valence-electron chi connectivity index (χ1n) is 10.6. The maximum absolute atomic E-state index is 13.2. The van der Waals surface area contributed by atoms with Crippen LogP contribution >= 0.6 is 0 Å². The third-order valence-electron chi connectivity index (χ3n) is 5.52. The third-order valence-corrected chi connectivity index (χ3v) is 5.52. The van der Waals surface area contributed by atoms with Crippen LogP contribution in [0.3, 0.4) is 0 Å². The normalized spacial score (nSPS) is 15.6. The summed E-state index contributed by atoms with van der Waals surface area (Å²) in [7, 11) is 0. The van der Waals surface area contributed by atoms with E-state index in [1.165, 1.54) is 5.56 Å². The lowest BCUT2D eigenvalue weighted by Gasteiger charge is -2.34. The predicted molar refractivity (Wildman–Crippen MR) is 116 cm³/mol. The van der Waals surface area contributed by atoms with Crippen molar-refractivity contribution in [2.45, 2.75) is 38.6 Å². The summed E-state index contributed by atoms with van der Waals surface area (Å²) in [6.07, 6.45) is 3.56. The van der Waals surface area contributed by atoms with Crippen molar-refractivity contribution in [1.82, 2.24) is 15.5 Å². The smallest absolute Gasteiger partial charge is 0.315 e. The minimum atomic E-state index is -0.547. The molecule has 1 atom stereocenters. The Hall–Kier alpha value is -2.82. The molecule has 0 saturated carbocycles. The number of piperidine rings is 1. The third kappa shape index (κ3) is 6.34. The van der Waals surface area contributed by atoms with Gasteiger partial charge in [0.1, 0.15) is 6.04 Å². The molecule has 3 rings (SSSR count). The molecule has 5 heteroatoms. The van der Waals surface area contributed by atoms with Crippen LogP contribution in [0, 0.1) is 5.92 Å². The minimum Gasteiger partial charge on any atom is -0.341 e. The van der Waals surface area contributed by atoms with E-state index in [0.717, 1.165) is 37.9 Å². The molecule has 0 radical (unpaired) electrons. The molecule has 3 amide bonds. The number of hydrogen-bond acceptors (Lipinski definition) is 2. The number of rotatable bonds is 7. The lowest BCUT2D eigenvalue weighted by molar-refractivity contribution is -0.134. The summed E-state index contributed by atoms with van der Waals surface area (Å²) in [4.78, 5) is 27.2.